The van der Waals surface area contributed by atoms with Crippen molar-refractivity contribution in [2.75, 3.05) is 19.1 Å². The predicted molar refractivity (Wildman–Crippen MR) is 110 cm³/mol. The first-order chi connectivity index (χ1) is 13.0. The lowest BCUT2D eigenvalue weighted by atomic mass is 10.1. The van der Waals surface area contributed by atoms with Gasteiger partial charge in [-0.1, -0.05) is 28.1 Å². The van der Waals surface area contributed by atoms with E-state index in [0.29, 0.717) is 22.7 Å². The largest absolute Gasteiger partial charge is 0.493 e. The van der Waals surface area contributed by atoms with Crippen LogP contribution in [0.25, 0.3) is 6.08 Å². The Labute approximate surface area is 169 Å². The molecule has 0 saturated carbocycles. The van der Waals surface area contributed by atoms with Gasteiger partial charge in [0.1, 0.15) is 5.57 Å². The Hall–Kier alpha value is -2.71. The number of hydrogen-bond donors (Lipinski definition) is 1. The summed E-state index contributed by atoms with van der Waals surface area (Å²) < 4.78 is 11.5. The van der Waals surface area contributed by atoms with Crippen molar-refractivity contribution in [2.45, 2.75) is 0 Å². The van der Waals surface area contributed by atoms with E-state index >= 15 is 0 Å². The SMILES string of the molecule is COc1cccc(C=C2C(=O)NC(=S)N(c3ccc(Br)cc3)C2=O)c1OC. The number of benzene rings is 2. The fourth-order valence-corrected chi connectivity index (χ4v) is 3.21. The van der Waals surface area contributed by atoms with E-state index < -0.39 is 11.8 Å². The van der Waals surface area contributed by atoms with Crippen molar-refractivity contribution in [1.29, 1.82) is 0 Å². The van der Waals surface area contributed by atoms with Gasteiger partial charge in [0.2, 0.25) is 0 Å². The summed E-state index contributed by atoms with van der Waals surface area (Å²) in [6, 6.07) is 12.2. The van der Waals surface area contributed by atoms with Crippen molar-refractivity contribution in [2.24, 2.45) is 0 Å². The molecule has 2 aromatic rings. The summed E-state index contributed by atoms with van der Waals surface area (Å²) in [6.07, 6.45) is 1.46. The number of amides is 2. The van der Waals surface area contributed by atoms with Gasteiger partial charge in [-0.05, 0) is 48.6 Å². The van der Waals surface area contributed by atoms with Crippen LogP contribution >= 0.6 is 28.1 Å². The Morgan fingerprint density at radius 1 is 1.07 bits per heavy atom. The highest BCUT2D eigenvalue weighted by atomic mass is 79.9. The topological polar surface area (TPSA) is 67.9 Å². The number of ether oxygens (including phenoxy) is 2. The number of halogens is 1. The van der Waals surface area contributed by atoms with Crippen LogP contribution in [0.15, 0.2) is 52.5 Å². The Bertz CT molecular complexity index is 957. The number of carbonyl (C=O) groups is 2. The minimum absolute atomic E-state index is 0.0297. The van der Waals surface area contributed by atoms with E-state index in [1.54, 1.807) is 42.5 Å². The molecule has 1 aliphatic heterocycles. The maximum absolute atomic E-state index is 13.0. The molecule has 8 heteroatoms. The highest BCUT2D eigenvalue weighted by Crippen LogP contribution is 2.33. The van der Waals surface area contributed by atoms with Gasteiger partial charge < -0.3 is 9.47 Å². The first-order valence-electron chi connectivity index (χ1n) is 7.84. The first kappa shape index (κ1) is 19.1. The number of nitrogens with one attached hydrogen (secondary N) is 1. The third-order valence-corrected chi connectivity index (χ3v) is 4.73. The summed E-state index contributed by atoms with van der Waals surface area (Å²) in [4.78, 5) is 26.7. The summed E-state index contributed by atoms with van der Waals surface area (Å²) in [5.74, 6) is -0.161. The van der Waals surface area contributed by atoms with E-state index in [1.165, 1.54) is 25.2 Å². The highest BCUT2D eigenvalue weighted by molar-refractivity contribution is 9.10. The van der Waals surface area contributed by atoms with Gasteiger partial charge in [-0.15, -0.1) is 0 Å². The van der Waals surface area contributed by atoms with Crippen LogP contribution in [0.2, 0.25) is 0 Å². The monoisotopic (exact) mass is 446 g/mol. The molecule has 0 aliphatic carbocycles. The van der Waals surface area contributed by atoms with Gasteiger partial charge in [0.05, 0.1) is 19.9 Å². The third kappa shape index (κ3) is 3.72. The number of nitrogens with zero attached hydrogens (tertiary/aromatic N) is 1. The number of anilines is 1. The van der Waals surface area contributed by atoms with E-state index in [4.69, 9.17) is 21.7 Å². The van der Waals surface area contributed by atoms with E-state index in [0.717, 1.165) is 4.47 Å². The molecule has 1 N–H and O–H groups in total. The molecule has 0 atom stereocenters. The van der Waals surface area contributed by atoms with Crippen molar-refractivity contribution in [3.8, 4) is 11.5 Å². The summed E-state index contributed by atoms with van der Waals surface area (Å²) in [6.45, 7) is 0. The lowest BCUT2D eigenvalue weighted by molar-refractivity contribution is -0.122. The van der Waals surface area contributed by atoms with Gasteiger partial charge in [0.15, 0.2) is 16.6 Å². The van der Waals surface area contributed by atoms with Crippen LogP contribution in [0.3, 0.4) is 0 Å². The molecule has 0 unspecified atom stereocenters. The van der Waals surface area contributed by atoms with Crippen LogP contribution in [0.1, 0.15) is 5.56 Å². The fourth-order valence-electron chi connectivity index (χ4n) is 2.66. The summed E-state index contributed by atoms with van der Waals surface area (Å²) in [5.41, 5.74) is 1.04. The maximum atomic E-state index is 13.0. The van der Waals surface area contributed by atoms with Crippen LogP contribution in [-0.4, -0.2) is 31.1 Å². The average Bonchev–Trinajstić information content (AvgIpc) is 2.66. The zero-order chi connectivity index (χ0) is 19.6. The smallest absolute Gasteiger partial charge is 0.270 e. The normalized spacial score (nSPS) is 15.7. The maximum Gasteiger partial charge on any atom is 0.270 e. The number of para-hydroxylation sites is 1. The van der Waals surface area contributed by atoms with E-state index in [1.807, 2.05) is 0 Å². The Morgan fingerprint density at radius 3 is 2.41 bits per heavy atom. The number of methoxy groups -OCH3 is 2. The summed E-state index contributed by atoms with van der Waals surface area (Å²) >= 11 is 8.54. The number of carbonyl (C=O) groups excluding carboxylic acids is 2. The van der Waals surface area contributed by atoms with Crippen LogP contribution in [0.5, 0.6) is 11.5 Å². The number of thiocarbonyl (C=S) groups is 1. The molecule has 1 aliphatic rings. The molecule has 2 amide bonds. The van der Waals surface area contributed by atoms with Crippen molar-refractivity contribution < 1.29 is 19.1 Å². The molecule has 27 heavy (non-hydrogen) atoms. The van der Waals surface area contributed by atoms with Crippen LogP contribution in [0.4, 0.5) is 5.69 Å². The molecule has 138 valence electrons. The minimum atomic E-state index is -0.566. The van der Waals surface area contributed by atoms with E-state index in [9.17, 15) is 9.59 Å². The van der Waals surface area contributed by atoms with Crippen LogP contribution in [-0.2, 0) is 9.59 Å². The fraction of sp³-hybridized carbons (Fsp3) is 0.105. The molecule has 1 saturated heterocycles. The highest BCUT2D eigenvalue weighted by Gasteiger charge is 2.34. The number of hydrogen-bond acceptors (Lipinski definition) is 5. The first-order valence-corrected chi connectivity index (χ1v) is 9.04. The van der Waals surface area contributed by atoms with Crippen LogP contribution in [0, 0.1) is 0 Å². The van der Waals surface area contributed by atoms with Gasteiger partial charge in [-0.25, -0.2) is 0 Å². The predicted octanol–water partition coefficient (Wildman–Crippen LogP) is 3.30. The van der Waals surface area contributed by atoms with Crippen LogP contribution < -0.4 is 19.7 Å². The van der Waals surface area contributed by atoms with E-state index in [2.05, 4.69) is 21.2 Å². The Balaban J connectivity index is 2.06. The Kier molecular flexibility index (Phi) is 5.57. The summed E-state index contributed by atoms with van der Waals surface area (Å²) in [5, 5.41) is 2.58. The molecular weight excluding hydrogens is 432 g/mol. The quantitative estimate of drug-likeness (QED) is 0.443. The van der Waals surface area contributed by atoms with Gasteiger partial charge in [0, 0.05) is 10.0 Å². The zero-order valence-electron chi connectivity index (χ0n) is 14.5. The minimum Gasteiger partial charge on any atom is -0.493 e. The van der Waals surface area contributed by atoms with Gasteiger partial charge in [0.25, 0.3) is 11.8 Å². The molecular formula is C19H15BrN2O4S. The molecule has 1 fully saturated rings. The molecule has 2 aromatic carbocycles. The third-order valence-electron chi connectivity index (χ3n) is 3.92. The zero-order valence-corrected chi connectivity index (χ0v) is 16.9. The van der Waals surface area contributed by atoms with Gasteiger partial charge >= 0.3 is 0 Å². The molecule has 0 bridgehead atoms. The second-order valence-electron chi connectivity index (χ2n) is 5.52. The molecule has 1 heterocycles. The molecule has 6 nitrogen and oxygen atoms in total. The van der Waals surface area contributed by atoms with Gasteiger partial charge in [-0.2, -0.15) is 0 Å². The van der Waals surface area contributed by atoms with Crippen molar-refractivity contribution in [3.05, 3.63) is 58.1 Å². The summed E-state index contributed by atoms with van der Waals surface area (Å²) in [7, 11) is 3.01. The lowest BCUT2D eigenvalue weighted by Crippen LogP contribution is -2.54. The van der Waals surface area contributed by atoms with Crippen molar-refractivity contribution in [3.63, 3.8) is 0 Å². The second-order valence-corrected chi connectivity index (χ2v) is 6.82. The van der Waals surface area contributed by atoms with E-state index in [-0.39, 0.29) is 10.7 Å². The van der Waals surface area contributed by atoms with Crippen molar-refractivity contribution >= 4 is 56.8 Å². The Morgan fingerprint density at radius 2 is 1.78 bits per heavy atom. The molecule has 3 rings (SSSR count). The average molecular weight is 447 g/mol. The molecule has 0 aromatic heterocycles. The lowest BCUT2D eigenvalue weighted by Gasteiger charge is -2.29. The molecule has 0 spiro atoms. The van der Waals surface area contributed by atoms with Crippen molar-refractivity contribution in [1.82, 2.24) is 5.32 Å². The second kappa shape index (κ2) is 7.89. The number of rotatable bonds is 4. The standard InChI is InChI=1S/C19H15BrN2O4S/c1-25-15-5-3-4-11(16(15)26-2)10-14-17(23)21-19(27)22(18(14)24)13-8-6-12(20)7-9-13/h3-10H,1-2H3,(H,21,23,27). The molecule has 0 radical (unpaired) electrons. The van der Waals surface area contributed by atoms with Gasteiger partial charge in [-0.3, -0.25) is 19.8 Å².